The zero-order chi connectivity index (χ0) is 13.1. The van der Waals surface area contributed by atoms with Gasteiger partial charge in [0.1, 0.15) is 16.8 Å². The van der Waals surface area contributed by atoms with Gasteiger partial charge >= 0.3 is 0 Å². The highest BCUT2D eigenvalue weighted by Gasteiger charge is 2.26. The molecule has 0 bridgehead atoms. The summed E-state index contributed by atoms with van der Waals surface area (Å²) in [6, 6.07) is 5.90. The van der Waals surface area contributed by atoms with Crippen molar-refractivity contribution in [1.29, 1.82) is 5.26 Å². The van der Waals surface area contributed by atoms with Crippen LogP contribution in [0.2, 0.25) is 0 Å². The van der Waals surface area contributed by atoms with Gasteiger partial charge in [0.2, 0.25) is 0 Å². The van der Waals surface area contributed by atoms with Gasteiger partial charge in [0.15, 0.2) is 0 Å². The highest BCUT2D eigenvalue weighted by atomic mass is 32.1. The summed E-state index contributed by atoms with van der Waals surface area (Å²) < 4.78 is 5.19. The standard InChI is InChI=1S/C15H12N2OS/c16-9-12(3-1-4-13-5-2-8-18-13)15-17-14(10-19-15)11-6-7-11/h1-5,8,10-11H,6-7H2. The van der Waals surface area contributed by atoms with E-state index >= 15 is 0 Å². The van der Waals surface area contributed by atoms with E-state index in [1.165, 1.54) is 24.2 Å². The van der Waals surface area contributed by atoms with Gasteiger partial charge in [-0.25, -0.2) is 4.98 Å². The van der Waals surface area contributed by atoms with E-state index in [0.717, 1.165) is 16.5 Å². The van der Waals surface area contributed by atoms with Crippen LogP contribution in [0, 0.1) is 11.3 Å². The topological polar surface area (TPSA) is 49.8 Å². The van der Waals surface area contributed by atoms with Crippen LogP contribution in [0.5, 0.6) is 0 Å². The first-order valence-corrected chi connectivity index (χ1v) is 7.02. The zero-order valence-electron chi connectivity index (χ0n) is 10.2. The van der Waals surface area contributed by atoms with Crippen molar-refractivity contribution in [1.82, 2.24) is 4.98 Å². The maximum absolute atomic E-state index is 9.19. The van der Waals surface area contributed by atoms with Gasteiger partial charge in [-0.15, -0.1) is 11.3 Å². The van der Waals surface area contributed by atoms with Crippen LogP contribution >= 0.6 is 11.3 Å². The van der Waals surface area contributed by atoms with E-state index in [0.29, 0.717) is 11.5 Å². The lowest BCUT2D eigenvalue weighted by Crippen LogP contribution is -1.82. The van der Waals surface area contributed by atoms with E-state index in [1.54, 1.807) is 12.3 Å². The Morgan fingerprint density at radius 1 is 1.53 bits per heavy atom. The van der Waals surface area contributed by atoms with Gasteiger partial charge in [-0.2, -0.15) is 5.26 Å². The van der Waals surface area contributed by atoms with Crippen LogP contribution < -0.4 is 0 Å². The van der Waals surface area contributed by atoms with Gasteiger partial charge in [0, 0.05) is 11.3 Å². The fourth-order valence-corrected chi connectivity index (χ4v) is 2.63. The van der Waals surface area contributed by atoms with Crippen molar-refractivity contribution >= 4 is 23.0 Å². The Bertz CT molecular complexity index is 655. The molecule has 2 heterocycles. The average Bonchev–Trinajstić information content (AvgIpc) is 2.95. The monoisotopic (exact) mass is 268 g/mol. The number of hydrogen-bond acceptors (Lipinski definition) is 4. The quantitative estimate of drug-likeness (QED) is 0.615. The maximum atomic E-state index is 9.19. The number of aromatic nitrogens is 1. The van der Waals surface area contributed by atoms with E-state index in [1.807, 2.05) is 24.3 Å². The average molecular weight is 268 g/mol. The molecule has 4 heteroatoms. The Hall–Kier alpha value is -2.12. The molecule has 94 valence electrons. The minimum Gasteiger partial charge on any atom is -0.465 e. The summed E-state index contributed by atoms with van der Waals surface area (Å²) in [7, 11) is 0. The summed E-state index contributed by atoms with van der Waals surface area (Å²) in [5.41, 5.74) is 1.73. The molecular formula is C15H12N2OS. The van der Waals surface area contributed by atoms with Crippen molar-refractivity contribution in [3.63, 3.8) is 0 Å². The fourth-order valence-electron chi connectivity index (χ4n) is 1.76. The molecule has 3 nitrogen and oxygen atoms in total. The lowest BCUT2D eigenvalue weighted by molar-refractivity contribution is 0.557. The van der Waals surface area contributed by atoms with Crippen LogP contribution in [-0.2, 0) is 0 Å². The third-order valence-electron chi connectivity index (χ3n) is 2.93. The predicted octanol–water partition coefficient (Wildman–Crippen LogP) is 4.23. The first-order valence-electron chi connectivity index (χ1n) is 6.14. The molecule has 0 N–H and O–H groups in total. The lowest BCUT2D eigenvalue weighted by Gasteiger charge is -1.90. The third kappa shape index (κ3) is 2.83. The summed E-state index contributed by atoms with van der Waals surface area (Å²) in [4.78, 5) is 4.53. The van der Waals surface area contributed by atoms with Crippen LogP contribution in [0.4, 0.5) is 0 Å². The molecule has 1 saturated carbocycles. The summed E-state index contributed by atoms with van der Waals surface area (Å²) >= 11 is 1.54. The summed E-state index contributed by atoms with van der Waals surface area (Å²) in [6.45, 7) is 0. The van der Waals surface area contributed by atoms with E-state index in [2.05, 4.69) is 16.4 Å². The van der Waals surface area contributed by atoms with E-state index in [4.69, 9.17) is 4.42 Å². The Morgan fingerprint density at radius 2 is 2.42 bits per heavy atom. The molecule has 2 aromatic heterocycles. The largest absolute Gasteiger partial charge is 0.465 e. The number of hydrogen-bond donors (Lipinski definition) is 0. The van der Waals surface area contributed by atoms with Crippen LogP contribution in [0.25, 0.3) is 11.6 Å². The van der Waals surface area contributed by atoms with Crippen molar-refractivity contribution in [2.75, 3.05) is 0 Å². The van der Waals surface area contributed by atoms with E-state index in [-0.39, 0.29) is 0 Å². The Labute approximate surface area is 115 Å². The minimum absolute atomic E-state index is 0.597. The second-order valence-corrected chi connectivity index (χ2v) is 5.28. The molecule has 2 aromatic rings. The van der Waals surface area contributed by atoms with E-state index < -0.39 is 0 Å². The molecule has 1 aliphatic carbocycles. The predicted molar refractivity (Wildman–Crippen MR) is 75.4 cm³/mol. The number of allylic oxidation sites excluding steroid dienone is 3. The summed E-state index contributed by atoms with van der Waals surface area (Å²) in [6.07, 6.45) is 9.50. The second-order valence-electron chi connectivity index (χ2n) is 4.42. The number of rotatable bonds is 4. The van der Waals surface area contributed by atoms with Crippen molar-refractivity contribution < 1.29 is 4.42 Å². The molecule has 0 radical (unpaired) electrons. The first kappa shape index (κ1) is 11.9. The van der Waals surface area contributed by atoms with Gasteiger partial charge in [-0.05, 0) is 37.1 Å². The van der Waals surface area contributed by atoms with Gasteiger partial charge in [-0.1, -0.05) is 6.08 Å². The molecule has 0 unspecified atom stereocenters. The molecule has 1 aliphatic rings. The number of nitriles is 1. The molecule has 0 aromatic carbocycles. The van der Waals surface area contributed by atoms with E-state index in [9.17, 15) is 5.26 Å². The van der Waals surface area contributed by atoms with Gasteiger partial charge in [0.25, 0.3) is 0 Å². The second kappa shape index (κ2) is 5.25. The van der Waals surface area contributed by atoms with Crippen LogP contribution in [0.15, 0.2) is 40.3 Å². The molecular weight excluding hydrogens is 256 g/mol. The Kier molecular flexibility index (Phi) is 3.30. The molecule has 19 heavy (non-hydrogen) atoms. The summed E-state index contributed by atoms with van der Waals surface area (Å²) in [5.74, 6) is 1.40. The molecule has 0 amide bonds. The van der Waals surface area contributed by atoms with Crippen molar-refractivity contribution in [3.8, 4) is 6.07 Å². The molecule has 1 fully saturated rings. The van der Waals surface area contributed by atoms with Crippen LogP contribution in [0.3, 0.4) is 0 Å². The molecule has 0 spiro atoms. The van der Waals surface area contributed by atoms with Gasteiger partial charge in [-0.3, -0.25) is 0 Å². The highest BCUT2D eigenvalue weighted by Crippen LogP contribution is 2.40. The zero-order valence-corrected chi connectivity index (χ0v) is 11.1. The smallest absolute Gasteiger partial charge is 0.134 e. The summed E-state index contributed by atoms with van der Waals surface area (Å²) in [5, 5.41) is 12.1. The number of nitrogens with zero attached hydrogens (tertiary/aromatic N) is 2. The molecule has 0 aliphatic heterocycles. The van der Waals surface area contributed by atoms with Crippen molar-refractivity contribution in [2.45, 2.75) is 18.8 Å². The molecule has 0 atom stereocenters. The van der Waals surface area contributed by atoms with Gasteiger partial charge in [0.05, 0.1) is 17.5 Å². The SMILES string of the molecule is N#CC(=CC=Cc1ccco1)c1nc(C2CC2)cs1. The first-order chi connectivity index (χ1) is 9.36. The van der Waals surface area contributed by atoms with Crippen LogP contribution in [0.1, 0.15) is 35.2 Å². The molecule has 0 saturated heterocycles. The fraction of sp³-hybridized carbons (Fsp3) is 0.200. The van der Waals surface area contributed by atoms with Crippen molar-refractivity contribution in [3.05, 3.63) is 52.4 Å². The van der Waals surface area contributed by atoms with Gasteiger partial charge < -0.3 is 4.42 Å². The minimum atomic E-state index is 0.597. The number of thiazole rings is 1. The molecule has 3 rings (SSSR count). The van der Waals surface area contributed by atoms with Crippen molar-refractivity contribution in [2.24, 2.45) is 0 Å². The Balaban J connectivity index is 1.77. The highest BCUT2D eigenvalue weighted by molar-refractivity contribution is 7.10. The number of furan rings is 1. The maximum Gasteiger partial charge on any atom is 0.134 e. The van der Waals surface area contributed by atoms with Crippen LogP contribution in [-0.4, -0.2) is 4.98 Å². The normalized spacial score (nSPS) is 15.8. The lowest BCUT2D eigenvalue weighted by atomic mass is 10.2. The Morgan fingerprint density at radius 3 is 3.11 bits per heavy atom. The third-order valence-corrected chi connectivity index (χ3v) is 3.83.